The van der Waals surface area contributed by atoms with Crippen molar-refractivity contribution in [3.63, 3.8) is 0 Å². The molecule has 0 saturated carbocycles. The first-order valence-electron chi connectivity index (χ1n) is 9.88. The van der Waals surface area contributed by atoms with Crippen molar-refractivity contribution in [2.75, 3.05) is 57.7 Å². The van der Waals surface area contributed by atoms with Crippen LogP contribution in [0.15, 0.2) is 18.2 Å². The molecule has 0 aliphatic heterocycles. The number of benzene rings is 1. The number of carbonyl (C=O) groups is 3. The molecule has 0 unspecified atom stereocenters. The SMILES string of the molecule is [NH-]CCN(CC[NH-])C(=O)c1cc(NC(=O)CC[C-]=O)cc(C(=O)N(CC[NH-])CC[NH-])c1. The Hall–Kier alpha value is -2.86. The number of hydrogen-bond acceptors (Lipinski definition) is 4. The first-order valence-corrected chi connectivity index (χ1v) is 9.88. The third-order valence-electron chi connectivity index (χ3n) is 4.27. The van der Waals surface area contributed by atoms with Crippen LogP contribution in [0.5, 0.6) is 0 Å². The van der Waals surface area contributed by atoms with E-state index in [-0.39, 0.29) is 82.0 Å². The molecule has 1 aromatic carbocycles. The molecule has 1 aromatic rings. The van der Waals surface area contributed by atoms with Crippen LogP contribution in [0.4, 0.5) is 5.69 Å². The predicted molar refractivity (Wildman–Crippen MR) is 119 cm³/mol. The molecule has 11 nitrogen and oxygen atoms in total. The van der Waals surface area contributed by atoms with Crippen molar-refractivity contribution < 1.29 is 19.2 Å². The molecular weight excluding hydrogens is 402 g/mol. The smallest absolute Gasteiger partial charge is 0.253 e. The van der Waals surface area contributed by atoms with Gasteiger partial charge in [-0.2, -0.15) is 0 Å². The monoisotopic (exact) mass is 430 g/mol. The van der Waals surface area contributed by atoms with Gasteiger partial charge in [0.15, 0.2) is 0 Å². The minimum absolute atomic E-state index is 0.0447. The molecule has 0 heterocycles. The summed E-state index contributed by atoms with van der Waals surface area (Å²) in [5.74, 6) is -1.42. The second kappa shape index (κ2) is 14.2. The van der Waals surface area contributed by atoms with Gasteiger partial charge in [-0.15, -0.1) is 32.6 Å². The predicted octanol–water partition coefficient (Wildman–Crippen LogP) is 2.61. The molecule has 0 aliphatic carbocycles. The van der Waals surface area contributed by atoms with Crippen LogP contribution in [0, 0.1) is 0 Å². The second-order valence-corrected chi connectivity index (χ2v) is 6.58. The fraction of sp³-hybridized carbons (Fsp3) is 0.500. The maximum absolute atomic E-state index is 12.9. The number of carbonyl (C=O) groups excluding carboxylic acids is 4. The number of rotatable bonds is 14. The molecule has 11 heteroatoms. The van der Waals surface area contributed by atoms with E-state index in [2.05, 4.69) is 5.32 Å². The van der Waals surface area contributed by atoms with Crippen LogP contribution in [0.2, 0.25) is 0 Å². The van der Waals surface area contributed by atoms with Crippen molar-refractivity contribution >= 4 is 29.7 Å². The molecule has 1 rings (SSSR count). The van der Waals surface area contributed by atoms with E-state index in [0.29, 0.717) is 0 Å². The van der Waals surface area contributed by atoms with Crippen LogP contribution in [0.1, 0.15) is 33.6 Å². The maximum Gasteiger partial charge on any atom is 0.253 e. The van der Waals surface area contributed by atoms with Crippen LogP contribution in [0.3, 0.4) is 0 Å². The zero-order valence-electron chi connectivity index (χ0n) is 17.3. The number of anilines is 1. The lowest BCUT2D eigenvalue weighted by Crippen LogP contribution is -2.36. The normalized spacial score (nSPS) is 10.5. The summed E-state index contributed by atoms with van der Waals surface area (Å²) in [6, 6.07) is 4.19. The van der Waals surface area contributed by atoms with Gasteiger partial charge in [-0.3, -0.25) is 20.7 Å². The molecule has 0 atom stereocenters. The van der Waals surface area contributed by atoms with Crippen LogP contribution < -0.4 is 5.32 Å². The Morgan fingerprint density at radius 3 is 1.55 bits per heavy atom. The van der Waals surface area contributed by atoms with Gasteiger partial charge in [0.05, 0.1) is 0 Å². The molecule has 0 aromatic heterocycles. The van der Waals surface area contributed by atoms with Crippen molar-refractivity contribution in [3.05, 3.63) is 52.3 Å². The van der Waals surface area contributed by atoms with Gasteiger partial charge in [0.2, 0.25) is 5.91 Å². The Morgan fingerprint density at radius 1 is 0.774 bits per heavy atom. The Bertz CT molecular complexity index is 699. The zero-order valence-corrected chi connectivity index (χ0v) is 17.3. The zero-order chi connectivity index (χ0) is 23.2. The molecule has 0 aliphatic rings. The summed E-state index contributed by atoms with van der Waals surface area (Å²) in [4.78, 5) is 51.0. The van der Waals surface area contributed by atoms with E-state index in [1.165, 1.54) is 28.0 Å². The largest absolute Gasteiger partial charge is 0.676 e. The first kappa shape index (κ1) is 26.2. The van der Waals surface area contributed by atoms with Crippen LogP contribution in [0.25, 0.3) is 22.9 Å². The van der Waals surface area contributed by atoms with Crippen LogP contribution >= 0.6 is 0 Å². The Morgan fingerprint density at radius 2 is 1.19 bits per heavy atom. The summed E-state index contributed by atoms with van der Waals surface area (Å²) >= 11 is 0. The van der Waals surface area contributed by atoms with Gasteiger partial charge in [-0.1, -0.05) is 0 Å². The standard InChI is InChI=1S/C20H28N7O4/c21-3-7-26(8-4-22)19(30)15-12-16(20(31)27(9-5-23)10-6-24)14-17(13-15)25-18(29)2-1-11-28/h12-14,21-24H,1-10H2,(H,25,29)/q-5. The van der Waals surface area contributed by atoms with Crippen molar-refractivity contribution in [3.8, 4) is 0 Å². The van der Waals surface area contributed by atoms with E-state index in [4.69, 9.17) is 22.9 Å². The van der Waals surface area contributed by atoms with E-state index in [9.17, 15) is 19.2 Å². The lowest BCUT2D eigenvalue weighted by Gasteiger charge is -2.27. The molecular formula is C20H28N7O4-5. The summed E-state index contributed by atoms with van der Waals surface area (Å²) in [5, 5.41) is 2.57. The van der Waals surface area contributed by atoms with Gasteiger partial charge in [-0.25, -0.2) is 0 Å². The van der Waals surface area contributed by atoms with E-state index < -0.39 is 17.7 Å². The summed E-state index contributed by atoms with van der Waals surface area (Å²) < 4.78 is 0. The van der Waals surface area contributed by atoms with E-state index in [1.807, 2.05) is 0 Å². The third kappa shape index (κ3) is 8.42. The van der Waals surface area contributed by atoms with Crippen molar-refractivity contribution in [2.24, 2.45) is 0 Å². The van der Waals surface area contributed by atoms with E-state index >= 15 is 0 Å². The van der Waals surface area contributed by atoms with Gasteiger partial charge in [0, 0.05) is 49.4 Å². The average Bonchev–Trinajstić information content (AvgIpc) is 2.76. The van der Waals surface area contributed by atoms with Crippen molar-refractivity contribution in [1.29, 1.82) is 0 Å². The van der Waals surface area contributed by atoms with Crippen LogP contribution in [-0.2, 0) is 9.59 Å². The lowest BCUT2D eigenvalue weighted by molar-refractivity contribution is -0.116. The Balaban J connectivity index is 3.34. The molecule has 0 fully saturated rings. The molecule has 0 bridgehead atoms. The van der Waals surface area contributed by atoms with Gasteiger partial charge in [0.1, 0.15) is 0 Å². The molecule has 172 valence electrons. The number of nitrogens with zero attached hydrogens (tertiary/aromatic N) is 2. The van der Waals surface area contributed by atoms with Crippen molar-refractivity contribution in [1.82, 2.24) is 9.80 Å². The molecule has 0 saturated heterocycles. The fourth-order valence-corrected chi connectivity index (χ4v) is 2.87. The van der Waals surface area contributed by atoms with Gasteiger partial charge in [0.25, 0.3) is 11.8 Å². The average molecular weight is 430 g/mol. The molecule has 31 heavy (non-hydrogen) atoms. The third-order valence-corrected chi connectivity index (χ3v) is 4.27. The Kier molecular flexibility index (Phi) is 12.0. The second-order valence-electron chi connectivity index (χ2n) is 6.58. The molecule has 0 spiro atoms. The maximum atomic E-state index is 12.9. The Labute approximate surface area is 182 Å². The highest BCUT2D eigenvalue weighted by Crippen LogP contribution is 2.19. The van der Waals surface area contributed by atoms with E-state index in [0.717, 1.165) is 0 Å². The number of amides is 3. The van der Waals surface area contributed by atoms with Gasteiger partial charge >= 0.3 is 0 Å². The summed E-state index contributed by atoms with van der Waals surface area (Å²) in [6.45, 7) is 0.307. The number of nitrogens with one attached hydrogen (secondary N) is 5. The highest BCUT2D eigenvalue weighted by atomic mass is 16.2. The molecule has 5 N–H and O–H groups in total. The number of hydrogen-bond donors (Lipinski definition) is 1. The molecule has 0 radical (unpaired) electrons. The highest BCUT2D eigenvalue weighted by molar-refractivity contribution is 6.03. The first-order chi connectivity index (χ1) is 14.9. The quantitative estimate of drug-likeness (QED) is 0.445. The van der Waals surface area contributed by atoms with Crippen LogP contribution in [-0.4, -0.2) is 86.2 Å². The minimum Gasteiger partial charge on any atom is -0.676 e. The topological polar surface area (TPSA) is 182 Å². The van der Waals surface area contributed by atoms with E-state index in [1.54, 1.807) is 6.29 Å². The fourth-order valence-electron chi connectivity index (χ4n) is 2.87. The van der Waals surface area contributed by atoms with Crippen molar-refractivity contribution in [2.45, 2.75) is 12.8 Å². The molecule has 3 amide bonds. The minimum atomic E-state index is -0.477. The lowest BCUT2D eigenvalue weighted by atomic mass is 10.1. The van der Waals surface area contributed by atoms with Gasteiger partial charge in [-0.05, 0) is 18.2 Å². The summed E-state index contributed by atoms with van der Waals surface area (Å²) in [7, 11) is 0. The summed E-state index contributed by atoms with van der Waals surface area (Å²) in [5.41, 5.74) is 30.0. The highest BCUT2D eigenvalue weighted by Gasteiger charge is 2.20. The summed E-state index contributed by atoms with van der Waals surface area (Å²) in [6.07, 6.45) is 1.44. The van der Waals surface area contributed by atoms with Gasteiger partial charge < -0.3 is 42.8 Å².